The Morgan fingerprint density at radius 3 is 1.86 bits per heavy atom. The Labute approximate surface area is 84.6 Å². The monoisotopic (exact) mass is 201 g/mol. The number of aliphatic hydroxyl groups excluding tert-OH is 1. The van der Waals surface area contributed by atoms with Crippen molar-refractivity contribution in [1.29, 1.82) is 0 Å². The summed E-state index contributed by atoms with van der Waals surface area (Å²) >= 11 is 0. The Morgan fingerprint density at radius 1 is 1.36 bits per heavy atom. The molecule has 0 atom stereocenters. The predicted molar refractivity (Wildman–Crippen MR) is 56.1 cm³/mol. The standard InChI is InChI=1S/C4H5N.C4H10O.C2H4O2/c1-2-4-5-3-1;1-2-3-4-5;1-2(3)4/h1-5H;5H,2-4H2,1H3;1H3,(H,3,4). The van der Waals surface area contributed by atoms with Crippen LogP contribution < -0.4 is 0 Å². The van der Waals surface area contributed by atoms with Gasteiger partial charge in [0.2, 0.25) is 0 Å². The summed E-state index contributed by atoms with van der Waals surface area (Å²) in [4.78, 5) is 11.9. The fourth-order valence-electron chi connectivity index (χ4n) is 0.436. The van der Waals surface area contributed by atoms with Crippen LogP contribution in [-0.2, 0) is 4.79 Å². The van der Waals surface area contributed by atoms with Crippen LogP contribution in [0.2, 0.25) is 0 Å². The summed E-state index contributed by atoms with van der Waals surface area (Å²) in [5.74, 6) is -0.833. The smallest absolute Gasteiger partial charge is 0.300 e. The average Bonchev–Trinajstić information content (AvgIpc) is 2.61. The maximum absolute atomic E-state index is 9.00. The third kappa shape index (κ3) is 31.0. The number of aliphatic carboxylic acids is 1. The lowest BCUT2D eigenvalue weighted by atomic mass is 10.4. The molecule has 0 aliphatic heterocycles. The molecule has 4 nitrogen and oxygen atoms in total. The molecule has 3 N–H and O–H groups in total. The highest BCUT2D eigenvalue weighted by atomic mass is 16.4. The van der Waals surface area contributed by atoms with Gasteiger partial charge in [-0.25, -0.2) is 0 Å². The Kier molecular flexibility index (Phi) is 15.5. The van der Waals surface area contributed by atoms with Crippen LogP contribution in [0.5, 0.6) is 0 Å². The third-order valence-electron chi connectivity index (χ3n) is 1.01. The van der Waals surface area contributed by atoms with Gasteiger partial charge < -0.3 is 15.2 Å². The van der Waals surface area contributed by atoms with Crippen molar-refractivity contribution in [3.63, 3.8) is 0 Å². The number of rotatable bonds is 2. The van der Waals surface area contributed by atoms with Crippen LogP contribution >= 0.6 is 0 Å². The SMILES string of the molecule is CC(=O)O.CCCCO.c1cc[nH]c1. The van der Waals surface area contributed by atoms with Gasteiger partial charge in [0.15, 0.2) is 0 Å². The molecular formula is C10H19NO3. The molecule has 0 fully saturated rings. The quantitative estimate of drug-likeness (QED) is 0.684. The van der Waals surface area contributed by atoms with Crippen LogP contribution in [0.15, 0.2) is 24.5 Å². The maximum atomic E-state index is 9.00. The lowest BCUT2D eigenvalue weighted by Gasteiger charge is -1.79. The van der Waals surface area contributed by atoms with E-state index in [4.69, 9.17) is 15.0 Å². The van der Waals surface area contributed by atoms with Crippen molar-refractivity contribution in [2.75, 3.05) is 6.61 Å². The number of aromatic nitrogens is 1. The number of aliphatic hydroxyl groups is 1. The number of hydrogen-bond donors (Lipinski definition) is 3. The van der Waals surface area contributed by atoms with E-state index in [9.17, 15) is 0 Å². The molecule has 0 aliphatic carbocycles. The molecular weight excluding hydrogens is 182 g/mol. The van der Waals surface area contributed by atoms with Crippen molar-refractivity contribution in [3.05, 3.63) is 24.5 Å². The van der Waals surface area contributed by atoms with Gasteiger partial charge in [-0.15, -0.1) is 0 Å². The summed E-state index contributed by atoms with van der Waals surface area (Å²) in [6.07, 6.45) is 5.79. The molecule has 0 aromatic carbocycles. The first-order valence-electron chi connectivity index (χ1n) is 4.53. The van der Waals surface area contributed by atoms with E-state index in [-0.39, 0.29) is 0 Å². The number of hydrogen-bond acceptors (Lipinski definition) is 2. The second-order valence-corrected chi connectivity index (χ2v) is 2.48. The third-order valence-corrected chi connectivity index (χ3v) is 1.01. The number of carboxylic acids is 1. The largest absolute Gasteiger partial charge is 0.481 e. The summed E-state index contributed by atoms with van der Waals surface area (Å²) < 4.78 is 0. The first-order valence-corrected chi connectivity index (χ1v) is 4.53. The highest BCUT2D eigenvalue weighted by Gasteiger charge is 1.69. The zero-order valence-electron chi connectivity index (χ0n) is 8.73. The highest BCUT2D eigenvalue weighted by Crippen LogP contribution is 1.78. The van der Waals surface area contributed by atoms with E-state index in [0.29, 0.717) is 6.61 Å². The van der Waals surface area contributed by atoms with E-state index in [1.165, 1.54) is 0 Å². The molecule has 14 heavy (non-hydrogen) atoms. The lowest BCUT2D eigenvalue weighted by Crippen LogP contribution is -1.78. The van der Waals surface area contributed by atoms with Crippen LogP contribution in [0.4, 0.5) is 0 Å². The Morgan fingerprint density at radius 2 is 1.79 bits per heavy atom. The van der Waals surface area contributed by atoms with Crippen molar-refractivity contribution >= 4 is 5.97 Å². The Hall–Kier alpha value is -1.29. The minimum absolute atomic E-state index is 0.344. The van der Waals surface area contributed by atoms with Crippen LogP contribution in [0.25, 0.3) is 0 Å². The minimum Gasteiger partial charge on any atom is -0.481 e. The molecule has 4 heteroatoms. The van der Waals surface area contributed by atoms with E-state index in [2.05, 4.69) is 11.9 Å². The van der Waals surface area contributed by atoms with Gasteiger partial charge in [-0.2, -0.15) is 0 Å². The maximum Gasteiger partial charge on any atom is 0.300 e. The fourth-order valence-corrected chi connectivity index (χ4v) is 0.436. The molecule has 0 bridgehead atoms. The fraction of sp³-hybridized carbons (Fsp3) is 0.500. The topological polar surface area (TPSA) is 73.3 Å². The predicted octanol–water partition coefficient (Wildman–Crippen LogP) is 1.88. The second kappa shape index (κ2) is 14.2. The van der Waals surface area contributed by atoms with Gasteiger partial charge in [0, 0.05) is 25.9 Å². The molecule has 0 unspecified atom stereocenters. The van der Waals surface area contributed by atoms with Gasteiger partial charge in [0.25, 0.3) is 5.97 Å². The van der Waals surface area contributed by atoms with E-state index in [1.807, 2.05) is 24.5 Å². The molecule has 0 saturated carbocycles. The number of aromatic amines is 1. The minimum atomic E-state index is -0.833. The molecule has 0 radical (unpaired) electrons. The molecule has 0 aliphatic rings. The zero-order chi connectivity index (χ0) is 11.2. The lowest BCUT2D eigenvalue weighted by molar-refractivity contribution is -0.134. The van der Waals surface area contributed by atoms with Crippen LogP contribution in [0.1, 0.15) is 26.7 Å². The van der Waals surface area contributed by atoms with Gasteiger partial charge in [0.05, 0.1) is 0 Å². The Balaban J connectivity index is 0. The van der Waals surface area contributed by atoms with Crippen LogP contribution in [0.3, 0.4) is 0 Å². The van der Waals surface area contributed by atoms with Crippen molar-refractivity contribution in [3.8, 4) is 0 Å². The van der Waals surface area contributed by atoms with Gasteiger partial charge in [0.1, 0.15) is 0 Å². The van der Waals surface area contributed by atoms with Crippen molar-refractivity contribution < 1.29 is 15.0 Å². The van der Waals surface area contributed by atoms with E-state index in [1.54, 1.807) is 0 Å². The van der Waals surface area contributed by atoms with Crippen molar-refractivity contribution in [2.24, 2.45) is 0 Å². The molecule has 1 aromatic rings. The summed E-state index contributed by atoms with van der Waals surface area (Å²) in [6, 6.07) is 3.89. The number of nitrogens with one attached hydrogen (secondary N) is 1. The van der Waals surface area contributed by atoms with Crippen LogP contribution in [-0.4, -0.2) is 27.8 Å². The Bertz CT molecular complexity index is 162. The molecule has 1 heterocycles. The summed E-state index contributed by atoms with van der Waals surface area (Å²) in [7, 11) is 0. The van der Waals surface area contributed by atoms with Crippen LogP contribution in [0, 0.1) is 0 Å². The number of carbonyl (C=O) groups is 1. The summed E-state index contributed by atoms with van der Waals surface area (Å²) in [5.41, 5.74) is 0. The second-order valence-electron chi connectivity index (χ2n) is 2.48. The van der Waals surface area contributed by atoms with E-state index in [0.717, 1.165) is 19.8 Å². The zero-order valence-corrected chi connectivity index (χ0v) is 8.73. The molecule has 0 amide bonds. The first-order chi connectivity index (χ1) is 6.65. The van der Waals surface area contributed by atoms with Crippen molar-refractivity contribution in [2.45, 2.75) is 26.7 Å². The van der Waals surface area contributed by atoms with E-state index >= 15 is 0 Å². The molecule has 0 spiro atoms. The normalized spacial score (nSPS) is 7.64. The molecule has 0 saturated heterocycles. The number of carboxylic acid groups (broad SMARTS) is 1. The van der Waals surface area contributed by atoms with Gasteiger partial charge in [-0.1, -0.05) is 13.3 Å². The molecule has 82 valence electrons. The first kappa shape index (κ1) is 15.2. The number of unbranched alkanes of at least 4 members (excludes halogenated alkanes) is 1. The molecule has 1 rings (SSSR count). The summed E-state index contributed by atoms with van der Waals surface area (Å²) in [6.45, 7) is 3.48. The van der Waals surface area contributed by atoms with Gasteiger partial charge in [-0.3, -0.25) is 4.79 Å². The highest BCUT2D eigenvalue weighted by molar-refractivity contribution is 5.62. The molecule has 1 aromatic heterocycles. The van der Waals surface area contributed by atoms with Gasteiger partial charge in [-0.05, 0) is 18.6 Å². The number of H-pyrrole nitrogens is 1. The van der Waals surface area contributed by atoms with Crippen molar-refractivity contribution in [1.82, 2.24) is 4.98 Å². The van der Waals surface area contributed by atoms with Gasteiger partial charge >= 0.3 is 0 Å². The summed E-state index contributed by atoms with van der Waals surface area (Å²) in [5, 5.41) is 15.5. The average molecular weight is 201 g/mol. The van der Waals surface area contributed by atoms with E-state index < -0.39 is 5.97 Å².